The summed E-state index contributed by atoms with van der Waals surface area (Å²) in [6, 6.07) is 0. The van der Waals surface area contributed by atoms with Crippen LogP contribution in [0.2, 0.25) is 0 Å². The predicted octanol–water partition coefficient (Wildman–Crippen LogP) is 3.84. The summed E-state index contributed by atoms with van der Waals surface area (Å²) in [6.45, 7) is 6.59. The second-order valence-electron chi connectivity index (χ2n) is 9.33. The Labute approximate surface area is 144 Å². The van der Waals surface area contributed by atoms with Crippen molar-refractivity contribution in [2.75, 3.05) is 0 Å². The highest BCUT2D eigenvalue weighted by molar-refractivity contribution is 6.05. The minimum Gasteiger partial charge on any atom is -0.389 e. The van der Waals surface area contributed by atoms with Gasteiger partial charge in [0.25, 0.3) is 0 Å². The summed E-state index contributed by atoms with van der Waals surface area (Å²) in [5, 5.41) is 11.2. The number of hydrogen-bond acceptors (Lipinski definition) is 3. The number of ketones is 2. The normalized spacial score (nSPS) is 50.8. The van der Waals surface area contributed by atoms with E-state index in [2.05, 4.69) is 20.8 Å². The Balaban J connectivity index is 1.74. The van der Waals surface area contributed by atoms with E-state index >= 15 is 0 Å². The topological polar surface area (TPSA) is 54.4 Å². The first kappa shape index (κ1) is 16.5. The van der Waals surface area contributed by atoms with Crippen LogP contribution in [0.15, 0.2) is 11.6 Å². The van der Waals surface area contributed by atoms with E-state index in [0.29, 0.717) is 30.6 Å². The lowest BCUT2D eigenvalue weighted by molar-refractivity contribution is -0.143. The van der Waals surface area contributed by atoms with E-state index in [-0.39, 0.29) is 22.4 Å². The van der Waals surface area contributed by atoms with Crippen molar-refractivity contribution >= 4 is 11.6 Å². The quantitative estimate of drug-likeness (QED) is 0.795. The first-order valence-corrected chi connectivity index (χ1v) is 9.76. The van der Waals surface area contributed by atoms with Gasteiger partial charge in [0.05, 0.1) is 5.60 Å². The van der Waals surface area contributed by atoms with E-state index < -0.39 is 5.60 Å². The van der Waals surface area contributed by atoms with Crippen molar-refractivity contribution in [1.82, 2.24) is 0 Å². The zero-order chi connectivity index (χ0) is 17.3. The van der Waals surface area contributed by atoms with Crippen LogP contribution >= 0.6 is 0 Å². The molecule has 0 aromatic rings. The Kier molecular flexibility index (Phi) is 3.46. The van der Waals surface area contributed by atoms with Crippen LogP contribution in [0.3, 0.4) is 0 Å². The predicted molar refractivity (Wildman–Crippen MR) is 92.3 cm³/mol. The molecule has 0 spiro atoms. The Morgan fingerprint density at radius 2 is 1.83 bits per heavy atom. The molecule has 0 amide bonds. The lowest BCUT2D eigenvalue weighted by atomic mass is 9.46. The van der Waals surface area contributed by atoms with E-state index in [1.807, 2.05) is 0 Å². The van der Waals surface area contributed by atoms with Crippen LogP contribution in [0, 0.1) is 28.6 Å². The molecule has 4 aliphatic carbocycles. The molecule has 3 nitrogen and oxygen atoms in total. The maximum atomic E-state index is 12.9. The number of fused-ring (bicyclic) bond motifs is 5. The SMILES string of the molecule is CC[C@]1(O)CC[C@@H]2[C@@H]3CC(=O)C4=CC(=O)CC[C@]4(C)[C@@H]3CC[C@@]21C. The first-order chi connectivity index (χ1) is 11.2. The van der Waals surface area contributed by atoms with Crippen LogP contribution in [0.1, 0.15) is 72.1 Å². The highest BCUT2D eigenvalue weighted by Crippen LogP contribution is 2.67. The van der Waals surface area contributed by atoms with Gasteiger partial charge in [0.1, 0.15) is 0 Å². The monoisotopic (exact) mass is 330 g/mol. The minimum absolute atomic E-state index is 0.0503. The Morgan fingerprint density at radius 3 is 2.54 bits per heavy atom. The van der Waals surface area contributed by atoms with Crippen LogP contribution in [0.4, 0.5) is 0 Å². The Bertz CT molecular complexity index is 635. The molecule has 0 saturated heterocycles. The first-order valence-electron chi connectivity index (χ1n) is 9.76. The molecule has 0 aromatic heterocycles. The van der Waals surface area contributed by atoms with Crippen LogP contribution in [0.5, 0.6) is 0 Å². The molecule has 3 saturated carbocycles. The summed E-state index contributed by atoms with van der Waals surface area (Å²) < 4.78 is 0. The van der Waals surface area contributed by atoms with Crippen molar-refractivity contribution in [3.63, 3.8) is 0 Å². The fourth-order valence-electron chi connectivity index (χ4n) is 7.08. The van der Waals surface area contributed by atoms with Gasteiger partial charge >= 0.3 is 0 Å². The van der Waals surface area contributed by atoms with E-state index in [1.54, 1.807) is 6.08 Å². The summed E-state index contributed by atoms with van der Waals surface area (Å²) in [5.41, 5.74) is 0.0749. The van der Waals surface area contributed by atoms with Crippen LogP contribution in [0.25, 0.3) is 0 Å². The van der Waals surface area contributed by atoms with Gasteiger partial charge in [-0.15, -0.1) is 0 Å². The highest BCUT2D eigenvalue weighted by atomic mass is 16.3. The molecular formula is C21H30O3. The van der Waals surface area contributed by atoms with Gasteiger partial charge in [0.15, 0.2) is 11.6 Å². The summed E-state index contributed by atoms with van der Waals surface area (Å²) in [5.74, 6) is 1.64. The van der Waals surface area contributed by atoms with Gasteiger partial charge in [-0.05, 0) is 73.2 Å². The average Bonchev–Trinajstić information content (AvgIpc) is 2.82. The van der Waals surface area contributed by atoms with Gasteiger partial charge in [0, 0.05) is 18.4 Å². The molecule has 0 radical (unpaired) electrons. The van der Waals surface area contributed by atoms with Crippen molar-refractivity contribution in [3.8, 4) is 0 Å². The Morgan fingerprint density at radius 1 is 1.12 bits per heavy atom. The standard InChI is InChI=1S/C21H30O3/c1-4-21(24)10-7-16-14-12-18(23)17-11-13(22)5-8-19(17,2)15(14)6-9-20(16,21)3/h11,14-16,24H,4-10,12H2,1-3H3/t14-,15-,16-,19-,20+,21+/m1/s1. The maximum Gasteiger partial charge on any atom is 0.159 e. The fourth-order valence-corrected chi connectivity index (χ4v) is 7.08. The van der Waals surface area contributed by atoms with E-state index in [1.165, 1.54) is 0 Å². The third kappa shape index (κ3) is 1.88. The largest absolute Gasteiger partial charge is 0.389 e. The molecule has 6 atom stereocenters. The second kappa shape index (κ2) is 5.03. The zero-order valence-electron chi connectivity index (χ0n) is 15.2. The van der Waals surface area contributed by atoms with Gasteiger partial charge in [0.2, 0.25) is 0 Å². The molecule has 0 aliphatic heterocycles. The number of allylic oxidation sites excluding steroid dienone is 1. The number of Topliss-reactive ketones (excluding diaryl/α,β-unsaturated/α-hetero) is 1. The number of carbonyl (C=O) groups excluding carboxylic acids is 2. The molecule has 3 heteroatoms. The molecule has 132 valence electrons. The molecule has 1 N–H and O–H groups in total. The Hall–Kier alpha value is -0.960. The lowest BCUT2D eigenvalue weighted by Gasteiger charge is -2.58. The summed E-state index contributed by atoms with van der Waals surface area (Å²) in [7, 11) is 0. The molecule has 4 aliphatic rings. The van der Waals surface area contributed by atoms with Crippen LogP contribution in [-0.4, -0.2) is 22.3 Å². The minimum atomic E-state index is -0.564. The smallest absolute Gasteiger partial charge is 0.159 e. The molecular weight excluding hydrogens is 300 g/mol. The van der Waals surface area contributed by atoms with Crippen molar-refractivity contribution in [3.05, 3.63) is 11.6 Å². The van der Waals surface area contributed by atoms with E-state index in [4.69, 9.17) is 0 Å². The van der Waals surface area contributed by atoms with E-state index in [0.717, 1.165) is 44.1 Å². The highest BCUT2D eigenvalue weighted by Gasteiger charge is 2.64. The molecule has 0 aromatic carbocycles. The van der Waals surface area contributed by atoms with Gasteiger partial charge in [-0.3, -0.25) is 9.59 Å². The molecule has 0 unspecified atom stereocenters. The van der Waals surface area contributed by atoms with Crippen molar-refractivity contribution < 1.29 is 14.7 Å². The average molecular weight is 330 g/mol. The number of aliphatic hydroxyl groups is 1. The van der Waals surface area contributed by atoms with E-state index in [9.17, 15) is 14.7 Å². The van der Waals surface area contributed by atoms with Gasteiger partial charge in [-0.1, -0.05) is 20.8 Å². The van der Waals surface area contributed by atoms with Gasteiger partial charge < -0.3 is 5.11 Å². The number of carbonyl (C=O) groups is 2. The molecule has 0 bridgehead atoms. The van der Waals surface area contributed by atoms with Crippen LogP contribution in [-0.2, 0) is 9.59 Å². The van der Waals surface area contributed by atoms with Crippen LogP contribution < -0.4 is 0 Å². The maximum absolute atomic E-state index is 12.9. The summed E-state index contributed by atoms with van der Waals surface area (Å²) in [4.78, 5) is 24.7. The lowest BCUT2D eigenvalue weighted by Crippen LogP contribution is -2.56. The van der Waals surface area contributed by atoms with Gasteiger partial charge in [-0.25, -0.2) is 0 Å². The summed E-state index contributed by atoms with van der Waals surface area (Å²) >= 11 is 0. The second-order valence-corrected chi connectivity index (χ2v) is 9.33. The van der Waals surface area contributed by atoms with Crippen molar-refractivity contribution in [2.24, 2.45) is 28.6 Å². The number of rotatable bonds is 1. The summed E-state index contributed by atoms with van der Waals surface area (Å²) in [6.07, 6.45) is 8.50. The van der Waals surface area contributed by atoms with Gasteiger partial charge in [-0.2, -0.15) is 0 Å². The zero-order valence-corrected chi connectivity index (χ0v) is 15.2. The fraction of sp³-hybridized carbons (Fsp3) is 0.810. The number of hydrogen-bond donors (Lipinski definition) is 1. The molecule has 0 heterocycles. The molecule has 24 heavy (non-hydrogen) atoms. The molecule has 3 fully saturated rings. The van der Waals surface area contributed by atoms with Crippen molar-refractivity contribution in [1.29, 1.82) is 0 Å². The third-order valence-corrected chi connectivity index (χ3v) is 8.69. The third-order valence-electron chi connectivity index (χ3n) is 8.69. The van der Waals surface area contributed by atoms with Crippen molar-refractivity contribution in [2.45, 2.75) is 77.7 Å². The molecule has 4 rings (SSSR count).